The molecule has 0 radical (unpaired) electrons. The van der Waals surface area contributed by atoms with Gasteiger partial charge < -0.3 is 15.4 Å². The van der Waals surface area contributed by atoms with Crippen molar-refractivity contribution in [1.29, 1.82) is 0 Å². The van der Waals surface area contributed by atoms with Crippen LogP contribution in [0.25, 0.3) is 0 Å². The first kappa shape index (κ1) is 19.6. The van der Waals surface area contributed by atoms with Gasteiger partial charge in [0.1, 0.15) is 5.75 Å². The van der Waals surface area contributed by atoms with E-state index < -0.39 is 11.7 Å². The summed E-state index contributed by atoms with van der Waals surface area (Å²) in [4.78, 5) is 8.44. The number of hydrogen-bond donors (Lipinski definition) is 2. The molecular formula is C18H21F3N4O. The minimum atomic E-state index is -4.47. The number of methoxy groups -OCH3 is 1. The summed E-state index contributed by atoms with van der Waals surface area (Å²) in [5, 5.41) is 6.07. The third-order valence-electron chi connectivity index (χ3n) is 3.54. The molecule has 0 saturated heterocycles. The third kappa shape index (κ3) is 5.65. The van der Waals surface area contributed by atoms with Gasteiger partial charge in [-0.05, 0) is 36.8 Å². The number of benzene rings is 1. The van der Waals surface area contributed by atoms with Gasteiger partial charge in [-0.15, -0.1) is 0 Å². The van der Waals surface area contributed by atoms with E-state index >= 15 is 0 Å². The quantitative estimate of drug-likeness (QED) is 0.608. The number of nitrogens with one attached hydrogen (secondary N) is 2. The number of aliphatic imine (C=N–C) groups is 1. The van der Waals surface area contributed by atoms with E-state index in [1.165, 1.54) is 19.2 Å². The van der Waals surface area contributed by atoms with Crippen LogP contribution < -0.4 is 15.4 Å². The molecule has 0 aliphatic carbocycles. The van der Waals surface area contributed by atoms with E-state index in [0.29, 0.717) is 19.0 Å². The topological polar surface area (TPSA) is 58.5 Å². The summed E-state index contributed by atoms with van der Waals surface area (Å²) in [6, 6.07) is 9.38. The average Bonchev–Trinajstić information content (AvgIpc) is 2.64. The van der Waals surface area contributed by atoms with Gasteiger partial charge >= 0.3 is 6.18 Å². The van der Waals surface area contributed by atoms with Gasteiger partial charge in [0.05, 0.1) is 31.5 Å². The van der Waals surface area contributed by atoms with Crippen LogP contribution in [-0.2, 0) is 19.3 Å². The molecule has 0 aliphatic rings. The van der Waals surface area contributed by atoms with E-state index in [2.05, 4.69) is 20.6 Å². The van der Waals surface area contributed by atoms with E-state index in [9.17, 15) is 13.2 Å². The Balaban J connectivity index is 2.15. The Bertz CT molecular complexity index is 733. The fourth-order valence-corrected chi connectivity index (χ4v) is 2.27. The van der Waals surface area contributed by atoms with Crippen LogP contribution in [0.2, 0.25) is 0 Å². The molecule has 26 heavy (non-hydrogen) atoms. The maximum absolute atomic E-state index is 13.3. The highest BCUT2D eigenvalue weighted by Crippen LogP contribution is 2.34. The van der Waals surface area contributed by atoms with Crippen molar-refractivity contribution in [2.45, 2.75) is 26.2 Å². The van der Waals surface area contributed by atoms with Crippen LogP contribution in [0.1, 0.15) is 23.7 Å². The molecule has 1 aromatic heterocycles. The molecule has 1 aromatic carbocycles. The minimum absolute atomic E-state index is 0.0772. The highest BCUT2D eigenvalue weighted by Gasteiger charge is 2.33. The van der Waals surface area contributed by atoms with Crippen LogP contribution in [0.5, 0.6) is 5.75 Å². The van der Waals surface area contributed by atoms with Crippen LogP contribution in [0, 0.1) is 0 Å². The summed E-state index contributed by atoms with van der Waals surface area (Å²) < 4.78 is 44.7. The predicted octanol–water partition coefficient (Wildman–Crippen LogP) is 3.36. The number of nitrogens with zero attached hydrogens (tertiary/aromatic N) is 2. The number of rotatable bonds is 6. The minimum Gasteiger partial charge on any atom is -0.497 e. The molecule has 0 saturated carbocycles. The number of alkyl halides is 3. The third-order valence-corrected chi connectivity index (χ3v) is 3.54. The number of pyridine rings is 1. The Morgan fingerprint density at radius 1 is 1.19 bits per heavy atom. The van der Waals surface area contributed by atoms with Crippen molar-refractivity contribution < 1.29 is 17.9 Å². The van der Waals surface area contributed by atoms with Crippen molar-refractivity contribution in [3.05, 3.63) is 59.4 Å². The largest absolute Gasteiger partial charge is 0.497 e. The van der Waals surface area contributed by atoms with Gasteiger partial charge in [-0.25, -0.2) is 4.99 Å². The zero-order chi connectivity index (χ0) is 19.0. The van der Waals surface area contributed by atoms with Crippen molar-refractivity contribution in [2.24, 2.45) is 4.99 Å². The normalized spacial score (nSPS) is 12.0. The molecule has 0 fully saturated rings. The van der Waals surface area contributed by atoms with Crippen LogP contribution >= 0.6 is 0 Å². The Morgan fingerprint density at radius 2 is 2.00 bits per heavy atom. The first-order chi connectivity index (χ1) is 12.4. The zero-order valence-electron chi connectivity index (χ0n) is 14.6. The first-order valence-corrected chi connectivity index (χ1v) is 8.10. The molecule has 0 atom stereocenters. The number of aromatic nitrogens is 1. The van der Waals surface area contributed by atoms with Crippen molar-refractivity contribution in [1.82, 2.24) is 15.6 Å². The second-order valence-electron chi connectivity index (χ2n) is 5.39. The number of halogens is 3. The molecule has 140 valence electrons. The summed E-state index contributed by atoms with van der Waals surface area (Å²) in [7, 11) is 1.33. The molecule has 1 heterocycles. The lowest BCUT2D eigenvalue weighted by Gasteiger charge is -2.14. The van der Waals surface area contributed by atoms with Gasteiger partial charge in [0.15, 0.2) is 5.96 Å². The van der Waals surface area contributed by atoms with E-state index in [-0.39, 0.29) is 17.9 Å². The van der Waals surface area contributed by atoms with Gasteiger partial charge in [0.2, 0.25) is 0 Å². The maximum atomic E-state index is 13.3. The average molecular weight is 366 g/mol. The van der Waals surface area contributed by atoms with Gasteiger partial charge in [0.25, 0.3) is 0 Å². The number of guanidine groups is 1. The SMILES string of the molecule is CCNC(=NCc1ccc(OC)cc1C(F)(F)F)NCc1ccccn1. The van der Waals surface area contributed by atoms with Crippen LogP contribution in [-0.4, -0.2) is 24.6 Å². The molecule has 8 heteroatoms. The summed E-state index contributed by atoms with van der Waals surface area (Å²) in [6.07, 6.45) is -2.80. The van der Waals surface area contributed by atoms with Crippen molar-refractivity contribution in [3.63, 3.8) is 0 Å². The Hall–Kier alpha value is -2.77. The number of hydrogen-bond acceptors (Lipinski definition) is 3. The van der Waals surface area contributed by atoms with Gasteiger partial charge in [-0.3, -0.25) is 4.98 Å². The predicted molar refractivity (Wildman–Crippen MR) is 93.9 cm³/mol. The van der Waals surface area contributed by atoms with Gasteiger partial charge in [-0.1, -0.05) is 12.1 Å². The maximum Gasteiger partial charge on any atom is 0.416 e. The molecule has 0 unspecified atom stereocenters. The monoisotopic (exact) mass is 366 g/mol. The van der Waals surface area contributed by atoms with Crippen molar-refractivity contribution >= 4 is 5.96 Å². The fraction of sp³-hybridized carbons (Fsp3) is 0.333. The molecule has 2 N–H and O–H groups in total. The van der Waals surface area contributed by atoms with E-state index in [0.717, 1.165) is 11.8 Å². The van der Waals surface area contributed by atoms with Gasteiger partial charge in [0, 0.05) is 12.7 Å². The van der Waals surface area contributed by atoms with E-state index in [1.54, 1.807) is 6.20 Å². The van der Waals surface area contributed by atoms with E-state index in [1.807, 2.05) is 25.1 Å². The summed E-state index contributed by atoms with van der Waals surface area (Å²) in [6.45, 7) is 2.77. The lowest BCUT2D eigenvalue weighted by Crippen LogP contribution is -2.37. The highest BCUT2D eigenvalue weighted by atomic mass is 19.4. The lowest BCUT2D eigenvalue weighted by molar-refractivity contribution is -0.138. The zero-order valence-corrected chi connectivity index (χ0v) is 14.6. The molecule has 0 bridgehead atoms. The van der Waals surface area contributed by atoms with Crippen molar-refractivity contribution in [2.75, 3.05) is 13.7 Å². The van der Waals surface area contributed by atoms with E-state index in [4.69, 9.17) is 4.74 Å². The van der Waals surface area contributed by atoms with Crippen molar-refractivity contribution in [3.8, 4) is 5.75 Å². The second-order valence-corrected chi connectivity index (χ2v) is 5.39. The van der Waals surface area contributed by atoms with Crippen LogP contribution in [0.15, 0.2) is 47.6 Å². The molecular weight excluding hydrogens is 345 g/mol. The standard InChI is InChI=1S/C18H21F3N4O/c1-3-22-17(25-12-14-6-4-5-9-23-14)24-11-13-7-8-15(26-2)10-16(13)18(19,20)21/h4-10H,3,11-12H2,1-2H3,(H2,22,24,25). The lowest BCUT2D eigenvalue weighted by atomic mass is 10.1. The molecule has 2 aromatic rings. The molecule has 0 aliphatic heterocycles. The van der Waals surface area contributed by atoms with Crippen LogP contribution in [0.4, 0.5) is 13.2 Å². The van der Waals surface area contributed by atoms with Crippen LogP contribution in [0.3, 0.4) is 0 Å². The summed E-state index contributed by atoms with van der Waals surface area (Å²) in [5.41, 5.74) is 0.132. The molecule has 2 rings (SSSR count). The van der Waals surface area contributed by atoms with Gasteiger partial charge in [-0.2, -0.15) is 13.2 Å². The summed E-state index contributed by atoms with van der Waals surface area (Å²) in [5.74, 6) is 0.576. The molecule has 0 spiro atoms. The smallest absolute Gasteiger partial charge is 0.416 e. The summed E-state index contributed by atoms with van der Waals surface area (Å²) >= 11 is 0. The number of ether oxygens (including phenoxy) is 1. The highest BCUT2D eigenvalue weighted by molar-refractivity contribution is 5.79. The first-order valence-electron chi connectivity index (χ1n) is 8.10. The second kappa shape index (κ2) is 9.07. The Morgan fingerprint density at radius 3 is 2.62 bits per heavy atom. The molecule has 5 nitrogen and oxygen atoms in total. The molecule has 0 amide bonds. The Kier molecular flexibility index (Phi) is 6.82. The fourth-order valence-electron chi connectivity index (χ4n) is 2.27. The Labute approximate surface area is 150 Å².